The van der Waals surface area contributed by atoms with Crippen molar-refractivity contribution < 1.29 is 4.74 Å². The highest BCUT2D eigenvalue weighted by molar-refractivity contribution is 5.23. The molecule has 1 saturated heterocycles. The first-order chi connectivity index (χ1) is 8.62. The maximum atomic E-state index is 6.47. The average molecular weight is 248 g/mol. The number of rotatable bonds is 4. The van der Waals surface area contributed by atoms with Gasteiger partial charge in [-0.3, -0.25) is 4.90 Å². The molecular formula is C15H24N2O. The fraction of sp³-hybridized carbons (Fsp3) is 0.600. The van der Waals surface area contributed by atoms with Crippen LogP contribution in [0.1, 0.15) is 25.8 Å². The minimum Gasteiger partial charge on any atom is -0.376 e. The first-order valence-electron chi connectivity index (χ1n) is 6.80. The lowest BCUT2D eigenvalue weighted by Gasteiger charge is -2.38. The summed E-state index contributed by atoms with van der Waals surface area (Å²) in [5.74, 6) is 0. The van der Waals surface area contributed by atoms with Crippen LogP contribution in [-0.2, 0) is 10.3 Å². The van der Waals surface area contributed by atoms with E-state index in [4.69, 9.17) is 10.5 Å². The molecule has 0 aliphatic carbocycles. The number of nitrogens with zero attached hydrogens (tertiary/aromatic N) is 1. The zero-order chi connectivity index (χ0) is 13.0. The molecule has 2 N–H and O–H groups in total. The summed E-state index contributed by atoms with van der Waals surface area (Å²) in [4.78, 5) is 2.42. The summed E-state index contributed by atoms with van der Waals surface area (Å²) in [5.41, 5.74) is 7.38. The van der Waals surface area contributed by atoms with Crippen LogP contribution in [0.25, 0.3) is 0 Å². The molecule has 2 unspecified atom stereocenters. The predicted octanol–water partition coefficient (Wildman–Crippen LogP) is 1.97. The molecule has 1 heterocycles. The van der Waals surface area contributed by atoms with Gasteiger partial charge in [-0.2, -0.15) is 0 Å². The lowest BCUT2D eigenvalue weighted by Crippen LogP contribution is -2.51. The van der Waals surface area contributed by atoms with E-state index in [0.29, 0.717) is 6.10 Å². The van der Waals surface area contributed by atoms with E-state index in [1.54, 1.807) is 0 Å². The molecule has 2 atom stereocenters. The van der Waals surface area contributed by atoms with Crippen LogP contribution in [-0.4, -0.2) is 37.2 Å². The van der Waals surface area contributed by atoms with Crippen molar-refractivity contribution in [3.05, 3.63) is 35.9 Å². The van der Waals surface area contributed by atoms with Gasteiger partial charge < -0.3 is 10.5 Å². The average Bonchev–Trinajstić information content (AvgIpc) is 2.39. The Morgan fingerprint density at radius 2 is 2.11 bits per heavy atom. The number of nitrogens with two attached hydrogens (primary N) is 1. The van der Waals surface area contributed by atoms with Crippen LogP contribution in [0.4, 0.5) is 0 Å². The molecule has 0 amide bonds. The molecule has 1 aliphatic rings. The van der Waals surface area contributed by atoms with Gasteiger partial charge in [0.25, 0.3) is 0 Å². The van der Waals surface area contributed by atoms with E-state index in [-0.39, 0.29) is 5.54 Å². The van der Waals surface area contributed by atoms with Gasteiger partial charge in [-0.25, -0.2) is 0 Å². The molecule has 1 aliphatic heterocycles. The first kappa shape index (κ1) is 13.5. The number of benzene rings is 1. The third-order valence-electron chi connectivity index (χ3n) is 3.66. The van der Waals surface area contributed by atoms with Crippen molar-refractivity contribution >= 4 is 0 Å². The summed E-state index contributed by atoms with van der Waals surface area (Å²) in [5, 5.41) is 0. The SMILES string of the molecule is CCC1CN(CC(C)(N)c2ccccc2)CCO1. The Kier molecular flexibility index (Phi) is 4.38. The normalized spacial score (nSPS) is 24.7. The Morgan fingerprint density at radius 3 is 2.78 bits per heavy atom. The molecule has 0 spiro atoms. The van der Waals surface area contributed by atoms with Gasteiger partial charge in [0.1, 0.15) is 0 Å². The minimum atomic E-state index is -0.295. The summed E-state index contributed by atoms with van der Waals surface area (Å²) < 4.78 is 5.70. The van der Waals surface area contributed by atoms with Gasteiger partial charge in [0.15, 0.2) is 0 Å². The molecule has 1 aromatic carbocycles. The predicted molar refractivity (Wildman–Crippen MR) is 74.5 cm³/mol. The van der Waals surface area contributed by atoms with E-state index in [1.807, 2.05) is 6.07 Å². The molecule has 1 fully saturated rings. The molecule has 0 bridgehead atoms. The molecular weight excluding hydrogens is 224 g/mol. The van der Waals surface area contributed by atoms with Crippen LogP contribution in [0.3, 0.4) is 0 Å². The van der Waals surface area contributed by atoms with Crippen molar-refractivity contribution in [2.45, 2.75) is 31.9 Å². The highest BCUT2D eigenvalue weighted by Gasteiger charge is 2.27. The second-order valence-electron chi connectivity index (χ2n) is 5.42. The Morgan fingerprint density at radius 1 is 1.39 bits per heavy atom. The molecule has 0 aromatic heterocycles. The van der Waals surface area contributed by atoms with Crippen molar-refractivity contribution in [2.75, 3.05) is 26.2 Å². The topological polar surface area (TPSA) is 38.5 Å². The fourth-order valence-corrected chi connectivity index (χ4v) is 2.55. The number of ether oxygens (including phenoxy) is 1. The highest BCUT2D eigenvalue weighted by atomic mass is 16.5. The van der Waals surface area contributed by atoms with Crippen molar-refractivity contribution in [3.8, 4) is 0 Å². The van der Waals surface area contributed by atoms with Gasteiger partial charge in [0.05, 0.1) is 18.2 Å². The van der Waals surface area contributed by atoms with Gasteiger partial charge in [-0.05, 0) is 18.9 Å². The zero-order valence-electron chi connectivity index (χ0n) is 11.4. The maximum Gasteiger partial charge on any atom is 0.0700 e. The van der Waals surface area contributed by atoms with Crippen LogP contribution in [0.5, 0.6) is 0 Å². The van der Waals surface area contributed by atoms with Gasteiger partial charge in [0, 0.05) is 19.6 Å². The van der Waals surface area contributed by atoms with Crippen molar-refractivity contribution in [1.29, 1.82) is 0 Å². The van der Waals surface area contributed by atoms with Crippen LogP contribution in [0.2, 0.25) is 0 Å². The summed E-state index contributed by atoms with van der Waals surface area (Å²) in [7, 11) is 0. The van der Waals surface area contributed by atoms with Gasteiger partial charge >= 0.3 is 0 Å². The molecule has 3 heteroatoms. The maximum absolute atomic E-state index is 6.47. The van der Waals surface area contributed by atoms with E-state index in [0.717, 1.165) is 32.7 Å². The summed E-state index contributed by atoms with van der Waals surface area (Å²) in [6.45, 7) is 7.97. The van der Waals surface area contributed by atoms with Crippen LogP contribution >= 0.6 is 0 Å². The largest absolute Gasteiger partial charge is 0.376 e. The Hall–Kier alpha value is -0.900. The molecule has 100 valence electrons. The third kappa shape index (κ3) is 3.31. The van der Waals surface area contributed by atoms with Gasteiger partial charge in [-0.15, -0.1) is 0 Å². The summed E-state index contributed by atoms with van der Waals surface area (Å²) in [6, 6.07) is 10.3. The van der Waals surface area contributed by atoms with Gasteiger partial charge in [0.2, 0.25) is 0 Å². The second kappa shape index (κ2) is 5.83. The lowest BCUT2D eigenvalue weighted by atomic mass is 9.92. The standard InChI is InChI=1S/C15H24N2O/c1-3-14-11-17(9-10-18-14)12-15(2,16)13-7-5-4-6-8-13/h4-8,14H,3,9-12,16H2,1-2H3. The van der Waals surface area contributed by atoms with Crippen molar-refractivity contribution in [2.24, 2.45) is 5.73 Å². The Balaban J connectivity index is 1.99. The first-order valence-corrected chi connectivity index (χ1v) is 6.80. The van der Waals surface area contributed by atoms with Crippen LogP contribution < -0.4 is 5.73 Å². The smallest absolute Gasteiger partial charge is 0.0700 e. The van der Waals surface area contributed by atoms with Crippen molar-refractivity contribution in [3.63, 3.8) is 0 Å². The minimum absolute atomic E-state index is 0.295. The highest BCUT2D eigenvalue weighted by Crippen LogP contribution is 2.20. The quantitative estimate of drug-likeness (QED) is 0.885. The zero-order valence-corrected chi connectivity index (χ0v) is 11.4. The second-order valence-corrected chi connectivity index (χ2v) is 5.42. The van der Waals surface area contributed by atoms with E-state index >= 15 is 0 Å². The molecule has 2 rings (SSSR count). The van der Waals surface area contributed by atoms with Crippen LogP contribution in [0, 0.1) is 0 Å². The lowest BCUT2D eigenvalue weighted by molar-refractivity contribution is -0.0352. The van der Waals surface area contributed by atoms with E-state index < -0.39 is 0 Å². The number of hydrogen-bond donors (Lipinski definition) is 1. The summed E-state index contributed by atoms with van der Waals surface area (Å²) >= 11 is 0. The number of morpholine rings is 1. The van der Waals surface area contributed by atoms with Gasteiger partial charge in [-0.1, -0.05) is 37.3 Å². The third-order valence-corrected chi connectivity index (χ3v) is 3.66. The van der Waals surface area contributed by atoms with E-state index in [2.05, 4.69) is 43.0 Å². The van der Waals surface area contributed by atoms with Crippen LogP contribution in [0.15, 0.2) is 30.3 Å². The van der Waals surface area contributed by atoms with E-state index in [9.17, 15) is 0 Å². The molecule has 3 nitrogen and oxygen atoms in total. The molecule has 0 radical (unpaired) electrons. The molecule has 0 saturated carbocycles. The number of hydrogen-bond acceptors (Lipinski definition) is 3. The Bertz CT molecular complexity index is 364. The molecule has 1 aromatic rings. The van der Waals surface area contributed by atoms with Crippen molar-refractivity contribution in [1.82, 2.24) is 4.90 Å². The molecule has 18 heavy (non-hydrogen) atoms. The summed E-state index contributed by atoms with van der Waals surface area (Å²) in [6.07, 6.45) is 1.44. The Labute approximate surface area is 110 Å². The monoisotopic (exact) mass is 248 g/mol. The van der Waals surface area contributed by atoms with E-state index in [1.165, 1.54) is 5.56 Å². The fourth-order valence-electron chi connectivity index (χ4n) is 2.55.